The van der Waals surface area contributed by atoms with Gasteiger partial charge in [-0.05, 0) is 36.2 Å². The van der Waals surface area contributed by atoms with E-state index in [1.165, 1.54) is 6.07 Å². The van der Waals surface area contributed by atoms with Crippen LogP contribution in [0.15, 0.2) is 42.5 Å². The first-order chi connectivity index (χ1) is 11.0. The second kappa shape index (κ2) is 6.20. The highest BCUT2D eigenvalue weighted by atomic mass is 19.1. The Morgan fingerprint density at radius 1 is 1.26 bits per heavy atom. The first-order valence-corrected chi connectivity index (χ1v) is 7.46. The molecule has 3 rings (SSSR count). The fraction of sp³-hybridized carbons (Fsp3) is 0.222. The summed E-state index contributed by atoms with van der Waals surface area (Å²) in [6.07, 6.45) is 0.0393. The molecule has 5 heteroatoms. The fourth-order valence-electron chi connectivity index (χ4n) is 2.55. The molecule has 0 aliphatic carbocycles. The number of amides is 1. The monoisotopic (exact) mass is 311 g/mol. The van der Waals surface area contributed by atoms with E-state index in [1.54, 1.807) is 18.2 Å². The molecule has 1 heterocycles. The summed E-state index contributed by atoms with van der Waals surface area (Å²) in [5.74, 6) is 0.390. The largest absolute Gasteiger partial charge is 0.352 e. The van der Waals surface area contributed by atoms with Crippen molar-refractivity contribution in [2.24, 2.45) is 7.05 Å². The molecule has 0 saturated heterocycles. The molecule has 0 aliphatic rings. The van der Waals surface area contributed by atoms with Crippen LogP contribution in [-0.4, -0.2) is 15.5 Å². The van der Waals surface area contributed by atoms with Crippen LogP contribution in [0.4, 0.5) is 4.39 Å². The number of nitrogens with zero attached hydrogens (tertiary/aromatic N) is 2. The molecule has 0 saturated carbocycles. The number of imidazole rings is 1. The van der Waals surface area contributed by atoms with Crippen molar-refractivity contribution in [3.8, 4) is 0 Å². The second-order valence-electron chi connectivity index (χ2n) is 5.59. The third-order valence-corrected chi connectivity index (χ3v) is 3.97. The smallest absolute Gasteiger partial charge is 0.224 e. The Balaban J connectivity index is 1.66. The summed E-state index contributed by atoms with van der Waals surface area (Å²) in [6.45, 7) is 2.36. The zero-order chi connectivity index (χ0) is 16.4. The second-order valence-corrected chi connectivity index (χ2v) is 5.59. The van der Waals surface area contributed by atoms with Crippen molar-refractivity contribution in [1.29, 1.82) is 0 Å². The lowest BCUT2D eigenvalue weighted by atomic mass is 10.1. The Morgan fingerprint density at radius 3 is 2.83 bits per heavy atom. The summed E-state index contributed by atoms with van der Waals surface area (Å²) in [7, 11) is 1.97. The van der Waals surface area contributed by atoms with Crippen LogP contribution in [0, 0.1) is 12.7 Å². The van der Waals surface area contributed by atoms with E-state index < -0.39 is 0 Å². The van der Waals surface area contributed by atoms with Gasteiger partial charge in [-0.25, -0.2) is 9.37 Å². The van der Waals surface area contributed by atoms with Gasteiger partial charge in [-0.3, -0.25) is 4.79 Å². The van der Waals surface area contributed by atoms with Crippen LogP contribution in [0.2, 0.25) is 0 Å². The van der Waals surface area contributed by atoms with Gasteiger partial charge in [-0.15, -0.1) is 0 Å². The average Bonchev–Trinajstić information content (AvgIpc) is 2.82. The minimum absolute atomic E-state index is 0.0393. The Labute approximate surface area is 134 Å². The first kappa shape index (κ1) is 15.2. The van der Waals surface area contributed by atoms with Gasteiger partial charge in [0.15, 0.2) is 0 Å². The van der Waals surface area contributed by atoms with E-state index in [9.17, 15) is 9.18 Å². The maximum absolute atomic E-state index is 13.5. The van der Waals surface area contributed by atoms with Gasteiger partial charge < -0.3 is 9.88 Å². The molecule has 118 valence electrons. The molecule has 2 aromatic carbocycles. The van der Waals surface area contributed by atoms with Gasteiger partial charge in [0, 0.05) is 13.6 Å². The van der Waals surface area contributed by atoms with Crippen molar-refractivity contribution in [2.45, 2.75) is 19.9 Å². The van der Waals surface area contributed by atoms with Gasteiger partial charge in [0.2, 0.25) is 5.91 Å². The molecule has 23 heavy (non-hydrogen) atoms. The zero-order valence-corrected chi connectivity index (χ0v) is 13.1. The molecular weight excluding hydrogens is 293 g/mol. The maximum atomic E-state index is 13.5. The lowest BCUT2D eigenvalue weighted by Crippen LogP contribution is -2.24. The van der Waals surface area contributed by atoms with Crippen LogP contribution in [0.25, 0.3) is 11.0 Å². The summed E-state index contributed by atoms with van der Waals surface area (Å²) in [5, 5.41) is 2.82. The topological polar surface area (TPSA) is 46.9 Å². The molecule has 1 amide bonds. The molecule has 1 aromatic heterocycles. The summed E-state index contributed by atoms with van der Waals surface area (Å²) in [5.41, 5.74) is 3.34. The van der Waals surface area contributed by atoms with Crippen molar-refractivity contribution in [3.63, 3.8) is 0 Å². The Morgan fingerprint density at radius 2 is 2.04 bits per heavy atom. The normalized spacial score (nSPS) is 10.9. The van der Waals surface area contributed by atoms with E-state index in [4.69, 9.17) is 0 Å². The Bertz CT molecular complexity index is 870. The molecule has 0 fully saturated rings. The number of rotatable bonds is 4. The van der Waals surface area contributed by atoms with Crippen molar-refractivity contribution in [2.75, 3.05) is 0 Å². The number of hydrogen-bond donors (Lipinski definition) is 1. The molecule has 0 unspecified atom stereocenters. The molecule has 3 aromatic rings. The Kier molecular flexibility index (Phi) is 4.10. The van der Waals surface area contributed by atoms with E-state index in [-0.39, 0.29) is 18.1 Å². The third-order valence-electron chi connectivity index (χ3n) is 3.97. The van der Waals surface area contributed by atoms with E-state index in [2.05, 4.69) is 10.3 Å². The van der Waals surface area contributed by atoms with Crippen LogP contribution in [0.1, 0.15) is 17.0 Å². The predicted molar refractivity (Wildman–Crippen MR) is 87.4 cm³/mol. The summed E-state index contributed by atoms with van der Waals surface area (Å²) in [6, 6.07) is 12.2. The lowest BCUT2D eigenvalue weighted by molar-refractivity contribution is -0.120. The third kappa shape index (κ3) is 3.23. The van der Waals surface area contributed by atoms with E-state index in [0.29, 0.717) is 12.1 Å². The number of benzene rings is 2. The van der Waals surface area contributed by atoms with Gasteiger partial charge >= 0.3 is 0 Å². The fourth-order valence-corrected chi connectivity index (χ4v) is 2.55. The van der Waals surface area contributed by atoms with Gasteiger partial charge in [-0.1, -0.05) is 24.3 Å². The number of aromatic nitrogens is 2. The van der Waals surface area contributed by atoms with Gasteiger partial charge in [0.1, 0.15) is 11.6 Å². The van der Waals surface area contributed by atoms with Gasteiger partial charge in [0.05, 0.1) is 17.5 Å². The molecular formula is C18H18FN3O. The van der Waals surface area contributed by atoms with Crippen molar-refractivity contribution < 1.29 is 9.18 Å². The van der Waals surface area contributed by atoms with Gasteiger partial charge in [-0.2, -0.15) is 0 Å². The molecule has 0 radical (unpaired) electrons. The number of hydrogen-bond acceptors (Lipinski definition) is 2. The van der Waals surface area contributed by atoms with Gasteiger partial charge in [0.25, 0.3) is 0 Å². The van der Waals surface area contributed by atoms with Crippen LogP contribution in [0.3, 0.4) is 0 Å². The highest BCUT2D eigenvalue weighted by Crippen LogP contribution is 2.16. The number of halogens is 1. The van der Waals surface area contributed by atoms with Crippen LogP contribution in [0.5, 0.6) is 0 Å². The van der Waals surface area contributed by atoms with Crippen molar-refractivity contribution >= 4 is 16.9 Å². The van der Waals surface area contributed by atoms with Crippen LogP contribution < -0.4 is 5.32 Å². The lowest BCUT2D eigenvalue weighted by Gasteiger charge is -2.06. The highest BCUT2D eigenvalue weighted by molar-refractivity contribution is 5.79. The van der Waals surface area contributed by atoms with Crippen LogP contribution in [-0.2, 0) is 24.8 Å². The highest BCUT2D eigenvalue weighted by Gasteiger charge is 2.08. The minimum Gasteiger partial charge on any atom is -0.352 e. The number of fused-ring (bicyclic) bond motifs is 1. The molecule has 0 atom stereocenters. The number of carbonyl (C=O) groups excluding carboxylic acids is 1. The summed E-state index contributed by atoms with van der Waals surface area (Å²) >= 11 is 0. The number of carbonyl (C=O) groups is 1. The molecule has 1 N–H and O–H groups in total. The quantitative estimate of drug-likeness (QED) is 0.805. The van der Waals surface area contributed by atoms with Crippen LogP contribution >= 0.6 is 0 Å². The van der Waals surface area contributed by atoms with E-state index in [0.717, 1.165) is 22.4 Å². The molecule has 4 nitrogen and oxygen atoms in total. The minimum atomic E-state index is -0.354. The summed E-state index contributed by atoms with van der Waals surface area (Å²) < 4.78 is 15.6. The molecule has 0 aliphatic heterocycles. The first-order valence-electron chi connectivity index (χ1n) is 7.46. The maximum Gasteiger partial charge on any atom is 0.224 e. The predicted octanol–water partition coefficient (Wildman–Crippen LogP) is 2.88. The van der Waals surface area contributed by atoms with Crippen molar-refractivity contribution in [1.82, 2.24) is 14.9 Å². The Hall–Kier alpha value is -2.69. The number of aryl methyl sites for hydroxylation is 2. The van der Waals surface area contributed by atoms with E-state index in [1.807, 2.05) is 36.7 Å². The number of nitrogens with one attached hydrogen (secondary N) is 1. The average molecular weight is 311 g/mol. The molecule has 0 bridgehead atoms. The standard InChI is InChI=1S/C18H18FN3O/c1-12-21-16-9-13(7-8-17(16)22(12)2)11-20-18(23)10-14-5-3-4-6-15(14)19/h3-9H,10-11H2,1-2H3,(H,20,23). The van der Waals surface area contributed by atoms with Crippen molar-refractivity contribution in [3.05, 3.63) is 65.2 Å². The van der Waals surface area contributed by atoms with E-state index >= 15 is 0 Å². The molecule has 0 spiro atoms. The SMILES string of the molecule is Cc1nc2cc(CNC(=O)Cc3ccccc3F)ccc2n1C. The summed E-state index contributed by atoms with van der Waals surface area (Å²) in [4.78, 5) is 16.4. The zero-order valence-electron chi connectivity index (χ0n) is 13.1.